The minimum Gasteiger partial charge on any atom is -0.373 e. The van der Waals surface area contributed by atoms with Gasteiger partial charge in [0.15, 0.2) is 0 Å². The molecule has 134 valence electrons. The van der Waals surface area contributed by atoms with E-state index in [0.717, 1.165) is 32.4 Å². The van der Waals surface area contributed by atoms with Gasteiger partial charge < -0.3 is 4.74 Å². The normalized spacial score (nSPS) is 25.4. The van der Waals surface area contributed by atoms with Crippen molar-refractivity contribution in [2.75, 3.05) is 26.2 Å². The molecule has 0 radical (unpaired) electrons. The smallest absolute Gasteiger partial charge is 0.240 e. The third-order valence-corrected chi connectivity index (χ3v) is 6.30. The second kappa shape index (κ2) is 7.52. The molecule has 1 aromatic rings. The van der Waals surface area contributed by atoms with E-state index in [1.807, 2.05) is 12.1 Å². The average Bonchev–Trinajstić information content (AvgIpc) is 2.53. The lowest BCUT2D eigenvalue weighted by Gasteiger charge is -2.35. The Morgan fingerprint density at radius 1 is 1.12 bits per heavy atom. The van der Waals surface area contributed by atoms with Gasteiger partial charge in [0.1, 0.15) is 0 Å². The number of hydrogen-bond acceptors (Lipinski definition) is 4. The summed E-state index contributed by atoms with van der Waals surface area (Å²) in [5.74, 6) is 0. The molecule has 1 aromatic carbocycles. The molecule has 1 N–H and O–H groups in total. The molecular formula is C18H28N2O3S. The van der Waals surface area contributed by atoms with Crippen LogP contribution < -0.4 is 4.72 Å². The minimum absolute atomic E-state index is 0.200. The lowest BCUT2D eigenvalue weighted by Crippen LogP contribution is -2.47. The van der Waals surface area contributed by atoms with Crippen molar-refractivity contribution in [3.8, 4) is 0 Å². The van der Waals surface area contributed by atoms with E-state index in [1.54, 1.807) is 6.07 Å². The van der Waals surface area contributed by atoms with Crippen LogP contribution >= 0.6 is 0 Å². The van der Waals surface area contributed by atoms with E-state index in [9.17, 15) is 8.42 Å². The van der Waals surface area contributed by atoms with Crippen LogP contribution in [0.2, 0.25) is 0 Å². The Bertz CT molecular complexity index is 665. The third kappa shape index (κ3) is 4.36. The molecule has 1 aliphatic carbocycles. The van der Waals surface area contributed by atoms with Crippen LogP contribution in [0.15, 0.2) is 23.1 Å². The Morgan fingerprint density at radius 3 is 2.50 bits per heavy atom. The summed E-state index contributed by atoms with van der Waals surface area (Å²) in [6, 6.07) is 5.58. The third-order valence-electron chi connectivity index (χ3n) is 4.85. The SMILES string of the molecule is CC1CN(CCNS(=O)(=O)c2ccc3c(c2)CCCC3)CC(C)O1. The number of nitrogens with zero attached hydrogens (tertiary/aromatic N) is 1. The van der Waals surface area contributed by atoms with E-state index in [2.05, 4.69) is 23.5 Å². The molecule has 2 unspecified atom stereocenters. The Hall–Kier alpha value is -0.950. The van der Waals surface area contributed by atoms with Gasteiger partial charge in [-0.25, -0.2) is 13.1 Å². The minimum atomic E-state index is -3.43. The summed E-state index contributed by atoms with van der Waals surface area (Å²) in [6.45, 7) is 6.96. The van der Waals surface area contributed by atoms with Crippen LogP contribution in [0.1, 0.15) is 37.8 Å². The van der Waals surface area contributed by atoms with Gasteiger partial charge in [-0.15, -0.1) is 0 Å². The van der Waals surface area contributed by atoms with Gasteiger partial charge in [-0.2, -0.15) is 0 Å². The number of rotatable bonds is 5. The van der Waals surface area contributed by atoms with E-state index in [-0.39, 0.29) is 12.2 Å². The van der Waals surface area contributed by atoms with Crippen LogP contribution in [0.25, 0.3) is 0 Å². The summed E-state index contributed by atoms with van der Waals surface area (Å²) >= 11 is 0. The van der Waals surface area contributed by atoms with Crippen molar-refractivity contribution in [1.29, 1.82) is 0 Å². The predicted molar refractivity (Wildman–Crippen MR) is 94.7 cm³/mol. The average molecular weight is 353 g/mol. The van der Waals surface area contributed by atoms with Crippen LogP contribution in [-0.2, 0) is 27.6 Å². The number of sulfonamides is 1. The molecule has 6 heteroatoms. The summed E-state index contributed by atoms with van der Waals surface area (Å²) in [5.41, 5.74) is 2.50. The molecule has 0 aromatic heterocycles. The molecule has 2 atom stereocenters. The highest BCUT2D eigenvalue weighted by atomic mass is 32.2. The van der Waals surface area contributed by atoms with E-state index in [4.69, 9.17) is 4.74 Å². The maximum Gasteiger partial charge on any atom is 0.240 e. The lowest BCUT2D eigenvalue weighted by atomic mass is 9.92. The van der Waals surface area contributed by atoms with E-state index < -0.39 is 10.0 Å². The number of ether oxygens (including phenoxy) is 1. The van der Waals surface area contributed by atoms with Gasteiger partial charge in [0.2, 0.25) is 10.0 Å². The molecule has 1 saturated heterocycles. The first kappa shape index (κ1) is 17.9. The first-order valence-electron chi connectivity index (χ1n) is 8.93. The van der Waals surface area contributed by atoms with E-state index in [1.165, 1.54) is 17.5 Å². The van der Waals surface area contributed by atoms with Gasteiger partial charge in [-0.05, 0) is 62.8 Å². The topological polar surface area (TPSA) is 58.6 Å². The number of benzene rings is 1. The summed E-state index contributed by atoms with van der Waals surface area (Å²) in [4.78, 5) is 2.65. The monoisotopic (exact) mass is 352 g/mol. The zero-order valence-electron chi connectivity index (χ0n) is 14.6. The van der Waals surface area contributed by atoms with Gasteiger partial charge in [0, 0.05) is 26.2 Å². The van der Waals surface area contributed by atoms with Gasteiger partial charge in [0.05, 0.1) is 17.1 Å². The van der Waals surface area contributed by atoms with Gasteiger partial charge in [0.25, 0.3) is 0 Å². The highest BCUT2D eigenvalue weighted by Crippen LogP contribution is 2.24. The Morgan fingerprint density at radius 2 is 1.79 bits per heavy atom. The molecule has 1 fully saturated rings. The second-order valence-electron chi connectivity index (χ2n) is 7.05. The number of hydrogen-bond donors (Lipinski definition) is 1. The molecule has 0 bridgehead atoms. The summed E-state index contributed by atoms with van der Waals surface area (Å²) in [5, 5.41) is 0. The predicted octanol–water partition coefficient (Wildman–Crippen LogP) is 1.95. The van der Waals surface area contributed by atoms with Crippen molar-refractivity contribution in [2.24, 2.45) is 0 Å². The van der Waals surface area contributed by atoms with Crippen LogP contribution in [-0.4, -0.2) is 51.7 Å². The number of aryl methyl sites for hydroxylation is 2. The molecule has 0 amide bonds. The molecule has 2 aliphatic rings. The standard InChI is InChI=1S/C18H28N2O3S/c1-14-12-20(13-15(2)23-14)10-9-19-24(21,22)18-8-7-16-5-3-4-6-17(16)11-18/h7-8,11,14-15,19H,3-6,9-10,12-13H2,1-2H3. The molecular weight excluding hydrogens is 324 g/mol. The van der Waals surface area contributed by atoms with E-state index >= 15 is 0 Å². The fraction of sp³-hybridized carbons (Fsp3) is 0.667. The molecule has 0 saturated carbocycles. The zero-order valence-corrected chi connectivity index (χ0v) is 15.4. The first-order valence-corrected chi connectivity index (χ1v) is 10.4. The quantitative estimate of drug-likeness (QED) is 0.880. The van der Waals surface area contributed by atoms with Crippen molar-refractivity contribution in [3.05, 3.63) is 29.3 Å². The number of fused-ring (bicyclic) bond motifs is 1. The molecule has 1 heterocycles. The fourth-order valence-corrected chi connectivity index (χ4v) is 4.84. The highest BCUT2D eigenvalue weighted by molar-refractivity contribution is 7.89. The Balaban J connectivity index is 1.58. The van der Waals surface area contributed by atoms with Crippen molar-refractivity contribution in [2.45, 2.75) is 56.6 Å². The maximum atomic E-state index is 12.5. The number of nitrogens with one attached hydrogen (secondary N) is 1. The van der Waals surface area contributed by atoms with Crippen LogP contribution in [0.3, 0.4) is 0 Å². The summed E-state index contributed by atoms with van der Waals surface area (Å²) < 4.78 is 33.5. The molecule has 1 aliphatic heterocycles. The molecule has 5 nitrogen and oxygen atoms in total. The van der Waals surface area contributed by atoms with Crippen molar-refractivity contribution < 1.29 is 13.2 Å². The second-order valence-corrected chi connectivity index (χ2v) is 8.82. The van der Waals surface area contributed by atoms with Crippen molar-refractivity contribution >= 4 is 10.0 Å². The van der Waals surface area contributed by atoms with Crippen LogP contribution in [0.5, 0.6) is 0 Å². The maximum absolute atomic E-state index is 12.5. The first-order chi connectivity index (χ1) is 11.4. The highest BCUT2D eigenvalue weighted by Gasteiger charge is 2.23. The largest absolute Gasteiger partial charge is 0.373 e. The van der Waals surface area contributed by atoms with Crippen molar-refractivity contribution in [1.82, 2.24) is 9.62 Å². The zero-order chi connectivity index (χ0) is 17.2. The van der Waals surface area contributed by atoms with Gasteiger partial charge in [-0.3, -0.25) is 4.90 Å². The van der Waals surface area contributed by atoms with Crippen molar-refractivity contribution in [3.63, 3.8) is 0 Å². The van der Waals surface area contributed by atoms with E-state index in [0.29, 0.717) is 18.0 Å². The molecule has 0 spiro atoms. The lowest BCUT2D eigenvalue weighted by molar-refractivity contribution is -0.0671. The van der Waals surface area contributed by atoms with Gasteiger partial charge >= 0.3 is 0 Å². The summed E-state index contributed by atoms with van der Waals surface area (Å²) in [6.07, 6.45) is 4.81. The number of morpholine rings is 1. The van der Waals surface area contributed by atoms with Crippen LogP contribution in [0.4, 0.5) is 0 Å². The van der Waals surface area contributed by atoms with Gasteiger partial charge in [-0.1, -0.05) is 6.07 Å². The molecule has 3 rings (SSSR count). The van der Waals surface area contributed by atoms with Crippen LogP contribution in [0, 0.1) is 0 Å². The summed E-state index contributed by atoms with van der Waals surface area (Å²) in [7, 11) is -3.43. The fourth-order valence-electron chi connectivity index (χ4n) is 3.77. The molecule has 24 heavy (non-hydrogen) atoms. The Labute approximate surface area is 145 Å². The Kier molecular flexibility index (Phi) is 5.59.